The normalized spacial score (nSPS) is 25.1. The monoisotopic (exact) mass is 238 g/mol. The number of hydrogen-bond acceptors (Lipinski definition) is 3. The van der Waals surface area contributed by atoms with Crippen molar-refractivity contribution >= 4 is 17.2 Å². The Kier molecular flexibility index (Phi) is 3.04. The first-order valence-corrected chi connectivity index (χ1v) is 6.52. The second-order valence-corrected chi connectivity index (χ2v) is 5.70. The van der Waals surface area contributed by atoms with E-state index in [1.165, 1.54) is 0 Å². The van der Waals surface area contributed by atoms with Crippen molar-refractivity contribution in [1.29, 1.82) is 0 Å². The number of carbonyl (C=O) groups is 1. The molecule has 88 valence electrons. The highest BCUT2D eigenvalue weighted by Gasteiger charge is 2.35. The Labute approximate surface area is 100 Å². The summed E-state index contributed by atoms with van der Waals surface area (Å²) >= 11 is 1.59. The predicted molar refractivity (Wildman–Crippen MR) is 66.7 cm³/mol. The molecule has 2 rings (SSSR count). The summed E-state index contributed by atoms with van der Waals surface area (Å²) in [6, 6.07) is 0. The van der Waals surface area contributed by atoms with Gasteiger partial charge in [0.1, 0.15) is 0 Å². The van der Waals surface area contributed by atoms with Gasteiger partial charge in [0.2, 0.25) is 0 Å². The van der Waals surface area contributed by atoms with Crippen LogP contribution in [0.3, 0.4) is 0 Å². The highest BCUT2D eigenvalue weighted by Crippen LogP contribution is 2.30. The molecule has 2 N–H and O–H groups in total. The average molecular weight is 238 g/mol. The van der Waals surface area contributed by atoms with Crippen LogP contribution in [0.4, 0.5) is 0 Å². The van der Waals surface area contributed by atoms with Gasteiger partial charge in [-0.3, -0.25) is 4.79 Å². The fourth-order valence-corrected chi connectivity index (χ4v) is 2.94. The summed E-state index contributed by atoms with van der Waals surface area (Å²) < 4.78 is 0. The van der Waals surface area contributed by atoms with Crippen molar-refractivity contribution < 1.29 is 4.79 Å². The van der Waals surface area contributed by atoms with Crippen molar-refractivity contribution in [3.63, 3.8) is 0 Å². The number of rotatable bonds is 2. The van der Waals surface area contributed by atoms with Crippen LogP contribution in [0.25, 0.3) is 0 Å². The molecule has 0 saturated carbocycles. The maximum Gasteiger partial charge on any atom is 0.254 e. The Morgan fingerprint density at radius 2 is 2.38 bits per heavy atom. The molecule has 1 unspecified atom stereocenters. The Morgan fingerprint density at radius 1 is 1.62 bits per heavy atom. The van der Waals surface area contributed by atoms with Gasteiger partial charge in [0.15, 0.2) is 0 Å². The van der Waals surface area contributed by atoms with Gasteiger partial charge in [-0.05, 0) is 36.2 Å². The van der Waals surface area contributed by atoms with Gasteiger partial charge in [-0.2, -0.15) is 11.3 Å². The molecule has 0 aromatic carbocycles. The summed E-state index contributed by atoms with van der Waals surface area (Å²) in [6.45, 7) is 6.42. The Bertz CT molecular complexity index is 401. The van der Waals surface area contributed by atoms with Crippen LogP contribution in [-0.4, -0.2) is 30.4 Å². The molecular formula is C12H18N2OS. The van der Waals surface area contributed by atoms with Gasteiger partial charge in [0.25, 0.3) is 5.91 Å². The standard InChI is InChI=1S/C12H18N2OS/c1-9-5-16-6-10(9)11(15)14-4-3-12(2,7-13)8-14/h5-6H,3-4,7-8,13H2,1-2H3. The van der Waals surface area contributed by atoms with Crippen LogP contribution >= 0.6 is 11.3 Å². The fourth-order valence-electron chi connectivity index (χ4n) is 2.11. The highest BCUT2D eigenvalue weighted by molar-refractivity contribution is 7.08. The van der Waals surface area contributed by atoms with Crippen molar-refractivity contribution in [3.05, 3.63) is 21.9 Å². The molecule has 1 fully saturated rings. The zero-order valence-electron chi connectivity index (χ0n) is 9.82. The molecule has 0 radical (unpaired) electrons. The highest BCUT2D eigenvalue weighted by atomic mass is 32.1. The van der Waals surface area contributed by atoms with E-state index in [2.05, 4.69) is 6.92 Å². The molecule has 1 saturated heterocycles. The van der Waals surface area contributed by atoms with Gasteiger partial charge in [0.05, 0.1) is 5.56 Å². The van der Waals surface area contributed by atoms with E-state index in [-0.39, 0.29) is 11.3 Å². The van der Waals surface area contributed by atoms with E-state index >= 15 is 0 Å². The molecule has 4 heteroatoms. The average Bonchev–Trinajstić information content (AvgIpc) is 2.85. The minimum absolute atomic E-state index is 0.111. The molecule has 0 aliphatic carbocycles. The van der Waals surface area contributed by atoms with Crippen molar-refractivity contribution in [1.82, 2.24) is 4.90 Å². The number of carbonyl (C=O) groups excluding carboxylic acids is 1. The molecule has 1 aliphatic heterocycles. The SMILES string of the molecule is Cc1cscc1C(=O)N1CCC(C)(CN)C1. The summed E-state index contributed by atoms with van der Waals surface area (Å²) in [7, 11) is 0. The third-order valence-corrected chi connectivity index (χ3v) is 4.29. The van der Waals surface area contributed by atoms with Gasteiger partial charge >= 0.3 is 0 Å². The summed E-state index contributed by atoms with van der Waals surface area (Å²) in [5.41, 5.74) is 7.79. The number of likely N-dealkylation sites (tertiary alicyclic amines) is 1. The van der Waals surface area contributed by atoms with Crippen LogP contribution in [0.2, 0.25) is 0 Å². The zero-order valence-corrected chi connectivity index (χ0v) is 10.6. The van der Waals surface area contributed by atoms with Crippen LogP contribution in [0.15, 0.2) is 10.8 Å². The summed E-state index contributed by atoms with van der Waals surface area (Å²) in [5.74, 6) is 0.163. The van der Waals surface area contributed by atoms with Crippen LogP contribution in [0.1, 0.15) is 29.3 Å². The Morgan fingerprint density at radius 3 is 2.88 bits per heavy atom. The van der Waals surface area contributed by atoms with Gasteiger partial charge < -0.3 is 10.6 Å². The molecule has 2 heterocycles. The smallest absolute Gasteiger partial charge is 0.254 e. The molecule has 1 aromatic heterocycles. The van der Waals surface area contributed by atoms with E-state index in [0.29, 0.717) is 6.54 Å². The maximum absolute atomic E-state index is 12.2. The molecule has 1 aliphatic rings. The largest absolute Gasteiger partial charge is 0.338 e. The fraction of sp³-hybridized carbons (Fsp3) is 0.583. The first-order valence-electron chi connectivity index (χ1n) is 5.58. The minimum atomic E-state index is 0.111. The minimum Gasteiger partial charge on any atom is -0.338 e. The molecule has 1 atom stereocenters. The summed E-state index contributed by atoms with van der Waals surface area (Å²) in [6.07, 6.45) is 1.01. The quantitative estimate of drug-likeness (QED) is 0.855. The second kappa shape index (κ2) is 4.18. The lowest BCUT2D eigenvalue weighted by molar-refractivity contribution is 0.0777. The van der Waals surface area contributed by atoms with Crippen LogP contribution in [0, 0.1) is 12.3 Å². The van der Waals surface area contributed by atoms with Gasteiger partial charge in [0, 0.05) is 18.5 Å². The van der Waals surface area contributed by atoms with Crippen molar-refractivity contribution in [2.24, 2.45) is 11.1 Å². The van der Waals surface area contributed by atoms with Crippen LogP contribution in [0.5, 0.6) is 0 Å². The van der Waals surface area contributed by atoms with E-state index in [1.807, 2.05) is 22.6 Å². The molecule has 0 spiro atoms. The maximum atomic E-state index is 12.2. The van der Waals surface area contributed by atoms with Gasteiger partial charge in [-0.25, -0.2) is 0 Å². The molecular weight excluding hydrogens is 220 g/mol. The second-order valence-electron chi connectivity index (χ2n) is 4.96. The van der Waals surface area contributed by atoms with Crippen molar-refractivity contribution in [2.75, 3.05) is 19.6 Å². The number of thiophene rings is 1. The van der Waals surface area contributed by atoms with Crippen molar-refractivity contribution in [2.45, 2.75) is 20.3 Å². The van der Waals surface area contributed by atoms with E-state index in [9.17, 15) is 4.79 Å². The molecule has 16 heavy (non-hydrogen) atoms. The number of aryl methyl sites for hydroxylation is 1. The number of nitrogens with two attached hydrogens (primary N) is 1. The molecule has 0 bridgehead atoms. The Hall–Kier alpha value is -0.870. The number of amides is 1. The topological polar surface area (TPSA) is 46.3 Å². The van der Waals surface area contributed by atoms with E-state index in [0.717, 1.165) is 30.6 Å². The first kappa shape index (κ1) is 11.6. The summed E-state index contributed by atoms with van der Waals surface area (Å²) in [4.78, 5) is 14.2. The summed E-state index contributed by atoms with van der Waals surface area (Å²) in [5, 5.41) is 3.96. The Balaban J connectivity index is 2.11. The molecule has 1 aromatic rings. The first-order chi connectivity index (χ1) is 7.56. The van der Waals surface area contributed by atoms with Gasteiger partial charge in [-0.1, -0.05) is 6.92 Å². The predicted octanol–water partition coefficient (Wildman–Crippen LogP) is 1.87. The van der Waals surface area contributed by atoms with Crippen LogP contribution < -0.4 is 5.73 Å². The zero-order chi connectivity index (χ0) is 11.8. The third-order valence-electron chi connectivity index (χ3n) is 3.42. The third kappa shape index (κ3) is 1.99. The number of nitrogens with zero attached hydrogens (tertiary/aromatic N) is 1. The lowest BCUT2D eigenvalue weighted by Crippen LogP contribution is -2.34. The van der Waals surface area contributed by atoms with Gasteiger partial charge in [-0.15, -0.1) is 0 Å². The lowest BCUT2D eigenvalue weighted by Gasteiger charge is -2.22. The van der Waals surface area contributed by atoms with E-state index in [1.54, 1.807) is 11.3 Å². The van der Waals surface area contributed by atoms with Crippen molar-refractivity contribution in [3.8, 4) is 0 Å². The molecule has 1 amide bonds. The number of hydrogen-bond donors (Lipinski definition) is 1. The van der Waals surface area contributed by atoms with E-state index < -0.39 is 0 Å². The van der Waals surface area contributed by atoms with E-state index in [4.69, 9.17) is 5.73 Å². The molecule has 3 nitrogen and oxygen atoms in total. The lowest BCUT2D eigenvalue weighted by atomic mass is 9.90. The van der Waals surface area contributed by atoms with Crippen LogP contribution in [-0.2, 0) is 0 Å².